The molecule has 1 aliphatic heterocycles. The first-order chi connectivity index (χ1) is 5.72. The van der Waals surface area contributed by atoms with Gasteiger partial charge in [-0.25, -0.2) is 0 Å². The van der Waals surface area contributed by atoms with E-state index in [4.69, 9.17) is 0 Å². The van der Waals surface area contributed by atoms with Gasteiger partial charge < -0.3 is 15.7 Å². The van der Waals surface area contributed by atoms with E-state index in [0.717, 1.165) is 6.42 Å². The van der Waals surface area contributed by atoms with Crippen molar-refractivity contribution < 1.29 is 9.90 Å². The summed E-state index contributed by atoms with van der Waals surface area (Å²) in [6.07, 6.45) is 0.998. The molecular weight excluding hydrogens is 156 g/mol. The molecule has 1 aliphatic rings. The summed E-state index contributed by atoms with van der Waals surface area (Å²) in [5.41, 5.74) is 0. The molecule has 0 spiro atoms. The fourth-order valence-electron chi connectivity index (χ4n) is 1.20. The molecular formula is C8H16N2O2. The van der Waals surface area contributed by atoms with Crippen LogP contribution in [-0.4, -0.2) is 36.2 Å². The summed E-state index contributed by atoms with van der Waals surface area (Å²) in [6.45, 7) is 3.20. The summed E-state index contributed by atoms with van der Waals surface area (Å²) in [4.78, 5) is 10.8. The Hall–Kier alpha value is -0.610. The Morgan fingerprint density at radius 1 is 1.83 bits per heavy atom. The Morgan fingerprint density at radius 3 is 3.08 bits per heavy atom. The van der Waals surface area contributed by atoms with Crippen LogP contribution < -0.4 is 10.6 Å². The number of carbonyl (C=O) groups is 1. The molecule has 4 nitrogen and oxygen atoms in total. The minimum Gasteiger partial charge on any atom is -0.392 e. The molecule has 1 heterocycles. The third-order valence-electron chi connectivity index (χ3n) is 2.09. The number of nitrogens with one attached hydrogen (secondary N) is 2. The second-order valence-corrected chi connectivity index (χ2v) is 3.18. The lowest BCUT2D eigenvalue weighted by molar-refractivity contribution is -0.119. The molecule has 1 amide bonds. The third-order valence-corrected chi connectivity index (χ3v) is 2.09. The van der Waals surface area contributed by atoms with E-state index in [0.29, 0.717) is 19.5 Å². The van der Waals surface area contributed by atoms with Crippen LogP contribution in [0.3, 0.4) is 0 Å². The summed E-state index contributed by atoms with van der Waals surface area (Å²) in [7, 11) is 0. The number of hydrogen-bond acceptors (Lipinski definition) is 3. The molecule has 1 rings (SSSR count). The zero-order valence-electron chi connectivity index (χ0n) is 7.34. The zero-order chi connectivity index (χ0) is 8.97. The van der Waals surface area contributed by atoms with Crippen LogP contribution in [0.4, 0.5) is 0 Å². The number of amides is 1. The van der Waals surface area contributed by atoms with Gasteiger partial charge in [0.25, 0.3) is 0 Å². The Labute approximate surface area is 72.3 Å². The molecule has 0 saturated carbocycles. The SMILES string of the molecule is CCC(O)CNC1CNC(=O)C1. The van der Waals surface area contributed by atoms with Gasteiger partial charge >= 0.3 is 0 Å². The zero-order valence-corrected chi connectivity index (χ0v) is 7.34. The van der Waals surface area contributed by atoms with Gasteiger partial charge in [0.2, 0.25) is 5.91 Å². The number of hydrogen-bond donors (Lipinski definition) is 3. The maximum Gasteiger partial charge on any atom is 0.221 e. The molecule has 70 valence electrons. The average molecular weight is 172 g/mol. The van der Waals surface area contributed by atoms with E-state index < -0.39 is 0 Å². The van der Waals surface area contributed by atoms with Gasteiger partial charge in [-0.1, -0.05) is 6.92 Å². The molecule has 2 unspecified atom stereocenters. The number of rotatable bonds is 4. The Morgan fingerprint density at radius 2 is 2.58 bits per heavy atom. The summed E-state index contributed by atoms with van der Waals surface area (Å²) in [6, 6.07) is 0.207. The van der Waals surface area contributed by atoms with Gasteiger partial charge in [-0.3, -0.25) is 4.79 Å². The van der Waals surface area contributed by atoms with Gasteiger partial charge in [0, 0.05) is 25.6 Å². The van der Waals surface area contributed by atoms with E-state index >= 15 is 0 Å². The predicted octanol–water partition coefficient (Wildman–Crippen LogP) is -0.765. The van der Waals surface area contributed by atoms with Gasteiger partial charge in [-0.05, 0) is 6.42 Å². The summed E-state index contributed by atoms with van der Waals surface area (Å²) < 4.78 is 0. The monoisotopic (exact) mass is 172 g/mol. The van der Waals surface area contributed by atoms with Crippen molar-refractivity contribution in [3.05, 3.63) is 0 Å². The summed E-state index contributed by atoms with van der Waals surface area (Å²) in [5, 5.41) is 15.1. The van der Waals surface area contributed by atoms with Crippen molar-refractivity contribution in [2.24, 2.45) is 0 Å². The van der Waals surface area contributed by atoms with Crippen molar-refractivity contribution in [2.45, 2.75) is 31.9 Å². The molecule has 1 fully saturated rings. The van der Waals surface area contributed by atoms with E-state index in [1.165, 1.54) is 0 Å². The lowest BCUT2D eigenvalue weighted by Gasteiger charge is -2.13. The lowest BCUT2D eigenvalue weighted by Crippen LogP contribution is -2.36. The molecule has 12 heavy (non-hydrogen) atoms. The fraction of sp³-hybridized carbons (Fsp3) is 0.875. The minimum atomic E-state index is -0.291. The Bertz CT molecular complexity index is 161. The third kappa shape index (κ3) is 2.79. The number of carbonyl (C=O) groups excluding carboxylic acids is 1. The van der Waals surface area contributed by atoms with Crippen molar-refractivity contribution in [3.8, 4) is 0 Å². The first-order valence-electron chi connectivity index (χ1n) is 4.40. The van der Waals surface area contributed by atoms with Crippen LogP contribution in [0.5, 0.6) is 0 Å². The highest BCUT2D eigenvalue weighted by Crippen LogP contribution is 1.99. The van der Waals surface area contributed by atoms with Crippen LogP contribution in [0.1, 0.15) is 19.8 Å². The molecule has 0 aromatic heterocycles. The van der Waals surface area contributed by atoms with Crippen molar-refractivity contribution in [1.29, 1.82) is 0 Å². The molecule has 0 aliphatic carbocycles. The van der Waals surface area contributed by atoms with Crippen LogP contribution >= 0.6 is 0 Å². The van der Waals surface area contributed by atoms with Crippen molar-refractivity contribution >= 4 is 5.91 Å². The standard InChI is InChI=1S/C8H16N2O2/c1-2-7(11)5-9-6-3-8(12)10-4-6/h6-7,9,11H,2-5H2,1H3,(H,10,12). The van der Waals surface area contributed by atoms with Gasteiger partial charge in [0.1, 0.15) is 0 Å². The molecule has 0 aromatic rings. The Kier molecular flexibility index (Phi) is 3.49. The first kappa shape index (κ1) is 9.48. The largest absolute Gasteiger partial charge is 0.392 e. The maximum atomic E-state index is 10.8. The van der Waals surface area contributed by atoms with Crippen LogP contribution in [0.15, 0.2) is 0 Å². The van der Waals surface area contributed by atoms with E-state index in [9.17, 15) is 9.90 Å². The fourth-order valence-corrected chi connectivity index (χ4v) is 1.20. The minimum absolute atomic E-state index is 0.0958. The molecule has 0 bridgehead atoms. The van der Waals surface area contributed by atoms with Crippen molar-refractivity contribution in [1.82, 2.24) is 10.6 Å². The van der Waals surface area contributed by atoms with Gasteiger partial charge in [0.15, 0.2) is 0 Å². The average Bonchev–Trinajstić information content (AvgIpc) is 2.47. The predicted molar refractivity (Wildman–Crippen MR) is 45.7 cm³/mol. The van der Waals surface area contributed by atoms with Crippen molar-refractivity contribution in [3.63, 3.8) is 0 Å². The second-order valence-electron chi connectivity index (χ2n) is 3.18. The molecule has 3 N–H and O–H groups in total. The molecule has 4 heteroatoms. The Balaban J connectivity index is 2.11. The number of aliphatic hydroxyl groups excluding tert-OH is 1. The van der Waals surface area contributed by atoms with Crippen LogP contribution in [0.25, 0.3) is 0 Å². The van der Waals surface area contributed by atoms with Crippen LogP contribution in [0, 0.1) is 0 Å². The van der Waals surface area contributed by atoms with E-state index in [1.54, 1.807) is 0 Å². The van der Waals surface area contributed by atoms with Gasteiger partial charge in [-0.2, -0.15) is 0 Å². The lowest BCUT2D eigenvalue weighted by atomic mass is 10.2. The number of aliphatic hydroxyl groups is 1. The van der Waals surface area contributed by atoms with E-state index in [2.05, 4.69) is 10.6 Å². The normalized spacial score (nSPS) is 25.5. The summed E-state index contributed by atoms with van der Waals surface area (Å²) in [5.74, 6) is 0.0958. The smallest absolute Gasteiger partial charge is 0.221 e. The highest BCUT2D eigenvalue weighted by molar-refractivity contribution is 5.78. The van der Waals surface area contributed by atoms with Gasteiger partial charge in [0.05, 0.1) is 6.10 Å². The molecule has 0 radical (unpaired) electrons. The van der Waals surface area contributed by atoms with E-state index in [-0.39, 0.29) is 18.1 Å². The maximum absolute atomic E-state index is 10.8. The van der Waals surface area contributed by atoms with Crippen LogP contribution in [-0.2, 0) is 4.79 Å². The summed E-state index contributed by atoms with van der Waals surface area (Å²) >= 11 is 0. The topological polar surface area (TPSA) is 61.4 Å². The quantitative estimate of drug-likeness (QED) is 0.522. The highest BCUT2D eigenvalue weighted by Gasteiger charge is 2.20. The van der Waals surface area contributed by atoms with Gasteiger partial charge in [-0.15, -0.1) is 0 Å². The molecule has 0 aromatic carbocycles. The molecule has 1 saturated heterocycles. The van der Waals surface area contributed by atoms with Crippen molar-refractivity contribution in [2.75, 3.05) is 13.1 Å². The van der Waals surface area contributed by atoms with Crippen LogP contribution in [0.2, 0.25) is 0 Å². The van der Waals surface area contributed by atoms with E-state index in [1.807, 2.05) is 6.92 Å². The molecule has 2 atom stereocenters. The first-order valence-corrected chi connectivity index (χ1v) is 4.40. The second kappa shape index (κ2) is 4.42. The highest BCUT2D eigenvalue weighted by atomic mass is 16.3.